The molecule has 30 heavy (non-hydrogen) atoms. The van der Waals surface area contributed by atoms with E-state index in [-0.39, 0.29) is 17.6 Å². The average molecular weight is 411 g/mol. The largest absolute Gasteiger partial charge is 0.350 e. The molecule has 1 aromatic carbocycles. The highest BCUT2D eigenvalue weighted by Crippen LogP contribution is 2.25. The lowest BCUT2D eigenvalue weighted by Crippen LogP contribution is -2.50. The van der Waals surface area contributed by atoms with Crippen LogP contribution in [0.3, 0.4) is 0 Å². The van der Waals surface area contributed by atoms with Crippen LogP contribution in [-0.4, -0.2) is 52.9 Å². The van der Waals surface area contributed by atoms with Gasteiger partial charge in [0.1, 0.15) is 5.82 Å². The van der Waals surface area contributed by atoms with E-state index in [2.05, 4.69) is 20.1 Å². The Balaban J connectivity index is 1.23. The smallest absolute Gasteiger partial charge is 0.224 e. The van der Waals surface area contributed by atoms with Crippen molar-refractivity contribution in [1.29, 1.82) is 0 Å². The first-order chi connectivity index (χ1) is 14.7. The molecule has 1 atom stereocenters. The Bertz CT molecular complexity index is 806. The van der Waals surface area contributed by atoms with Crippen molar-refractivity contribution in [2.45, 2.75) is 44.8 Å². The normalized spacial score (nSPS) is 21.4. The van der Waals surface area contributed by atoms with Crippen molar-refractivity contribution in [3.63, 3.8) is 0 Å². The van der Waals surface area contributed by atoms with E-state index in [0.29, 0.717) is 12.6 Å². The Morgan fingerprint density at radius 2 is 1.87 bits per heavy atom. The zero-order chi connectivity index (χ0) is 20.8. The molecule has 6 heteroatoms. The first kappa shape index (κ1) is 20.9. The monoisotopic (exact) mass is 410 g/mol. The molecule has 0 aliphatic carbocycles. The maximum Gasteiger partial charge on any atom is 0.224 e. The minimum atomic E-state index is -0.179. The first-order valence-corrected chi connectivity index (χ1v) is 11.1. The lowest BCUT2D eigenvalue weighted by Gasteiger charge is -2.42. The fourth-order valence-corrected chi connectivity index (χ4v) is 4.67. The van der Waals surface area contributed by atoms with Crippen LogP contribution >= 0.6 is 0 Å². The molecule has 1 aromatic heterocycles. The predicted octanol–water partition coefficient (Wildman–Crippen LogP) is 3.21. The number of benzene rings is 1. The summed E-state index contributed by atoms with van der Waals surface area (Å²) in [6, 6.07) is 13.1. The van der Waals surface area contributed by atoms with E-state index in [9.17, 15) is 9.18 Å². The molecular weight excluding hydrogens is 379 g/mol. The molecule has 4 rings (SSSR count). The molecule has 1 amide bonds. The van der Waals surface area contributed by atoms with Gasteiger partial charge in [0.2, 0.25) is 5.91 Å². The van der Waals surface area contributed by atoms with E-state index in [1.807, 2.05) is 30.3 Å². The second kappa shape index (κ2) is 10.1. The van der Waals surface area contributed by atoms with E-state index in [4.69, 9.17) is 0 Å². The van der Waals surface area contributed by atoms with Crippen molar-refractivity contribution >= 4 is 5.91 Å². The maximum absolute atomic E-state index is 13.1. The second-order valence-corrected chi connectivity index (χ2v) is 8.51. The standard InChI is InChI=1S/C24H31FN4O/c25-21-8-6-19(7-9-21)17-28-14-10-23(11-15-28)29-13-3-4-20(18-29)24(30)27-16-22-5-1-2-12-26-22/h1-2,5-9,12,20,23H,3-4,10-11,13-18H2,(H,27,30)/t20-/m1/s1. The van der Waals surface area contributed by atoms with Crippen LogP contribution in [0.5, 0.6) is 0 Å². The number of amides is 1. The van der Waals surface area contributed by atoms with Crippen LogP contribution in [0.4, 0.5) is 4.39 Å². The lowest BCUT2D eigenvalue weighted by molar-refractivity contribution is -0.127. The quantitative estimate of drug-likeness (QED) is 0.795. The van der Waals surface area contributed by atoms with Gasteiger partial charge in [0, 0.05) is 25.3 Å². The second-order valence-electron chi connectivity index (χ2n) is 8.51. The molecule has 0 saturated carbocycles. The van der Waals surface area contributed by atoms with E-state index in [0.717, 1.165) is 69.7 Å². The van der Waals surface area contributed by atoms with Crippen molar-refractivity contribution in [2.24, 2.45) is 5.92 Å². The lowest BCUT2D eigenvalue weighted by atomic mass is 9.93. The van der Waals surface area contributed by atoms with Crippen LogP contribution in [0, 0.1) is 11.7 Å². The zero-order valence-electron chi connectivity index (χ0n) is 17.5. The fraction of sp³-hybridized carbons (Fsp3) is 0.500. The van der Waals surface area contributed by atoms with Crippen LogP contribution in [0.15, 0.2) is 48.7 Å². The zero-order valence-corrected chi connectivity index (χ0v) is 17.5. The van der Waals surface area contributed by atoms with Gasteiger partial charge >= 0.3 is 0 Å². The van der Waals surface area contributed by atoms with Crippen LogP contribution in [-0.2, 0) is 17.9 Å². The molecular formula is C24H31FN4O. The number of carbonyl (C=O) groups excluding carboxylic acids is 1. The van der Waals surface area contributed by atoms with Crippen molar-refractivity contribution in [1.82, 2.24) is 20.1 Å². The number of hydrogen-bond acceptors (Lipinski definition) is 4. The van der Waals surface area contributed by atoms with Gasteiger partial charge in [-0.3, -0.25) is 19.6 Å². The molecule has 5 nitrogen and oxygen atoms in total. The van der Waals surface area contributed by atoms with E-state index in [1.165, 1.54) is 12.1 Å². The van der Waals surface area contributed by atoms with Crippen molar-refractivity contribution in [3.8, 4) is 0 Å². The molecule has 2 fully saturated rings. The summed E-state index contributed by atoms with van der Waals surface area (Å²) in [4.78, 5) is 21.9. The van der Waals surface area contributed by atoms with Gasteiger partial charge in [0.25, 0.3) is 0 Å². The SMILES string of the molecule is O=C(NCc1ccccn1)[C@@H]1CCCN(C2CCN(Cc3ccc(F)cc3)CC2)C1. The van der Waals surface area contributed by atoms with Crippen molar-refractivity contribution in [3.05, 3.63) is 65.7 Å². The summed E-state index contributed by atoms with van der Waals surface area (Å²) >= 11 is 0. The number of piperidine rings is 2. The van der Waals surface area contributed by atoms with Crippen molar-refractivity contribution < 1.29 is 9.18 Å². The number of aromatic nitrogens is 1. The Morgan fingerprint density at radius 1 is 1.07 bits per heavy atom. The highest BCUT2D eigenvalue weighted by Gasteiger charge is 2.31. The van der Waals surface area contributed by atoms with Gasteiger partial charge in [-0.15, -0.1) is 0 Å². The summed E-state index contributed by atoms with van der Waals surface area (Å²) in [5.41, 5.74) is 2.06. The van der Waals surface area contributed by atoms with Gasteiger partial charge in [0.15, 0.2) is 0 Å². The topological polar surface area (TPSA) is 48.5 Å². The van der Waals surface area contributed by atoms with Crippen LogP contribution in [0.2, 0.25) is 0 Å². The Labute approximate surface area is 178 Å². The van der Waals surface area contributed by atoms with E-state index >= 15 is 0 Å². The number of rotatable bonds is 6. The van der Waals surface area contributed by atoms with Gasteiger partial charge in [-0.25, -0.2) is 4.39 Å². The highest BCUT2D eigenvalue weighted by atomic mass is 19.1. The Morgan fingerprint density at radius 3 is 2.60 bits per heavy atom. The third kappa shape index (κ3) is 5.64. The number of carbonyl (C=O) groups is 1. The molecule has 0 spiro atoms. The number of likely N-dealkylation sites (tertiary alicyclic amines) is 2. The molecule has 0 unspecified atom stereocenters. The highest BCUT2D eigenvalue weighted by molar-refractivity contribution is 5.78. The predicted molar refractivity (Wildman–Crippen MR) is 115 cm³/mol. The Kier molecular flexibility index (Phi) is 7.07. The summed E-state index contributed by atoms with van der Waals surface area (Å²) in [5, 5.41) is 3.07. The van der Waals surface area contributed by atoms with Crippen molar-refractivity contribution in [2.75, 3.05) is 26.2 Å². The molecule has 2 saturated heterocycles. The van der Waals surface area contributed by atoms with Gasteiger partial charge in [-0.2, -0.15) is 0 Å². The summed E-state index contributed by atoms with van der Waals surface area (Å²) in [7, 11) is 0. The molecule has 2 aliphatic rings. The van der Waals surface area contributed by atoms with Crippen LogP contribution in [0.25, 0.3) is 0 Å². The number of pyridine rings is 1. The Hall–Kier alpha value is -2.31. The molecule has 3 heterocycles. The molecule has 1 N–H and O–H groups in total. The third-order valence-electron chi connectivity index (χ3n) is 6.39. The van der Waals surface area contributed by atoms with Gasteiger partial charge in [-0.05, 0) is 75.1 Å². The molecule has 2 aliphatic heterocycles. The van der Waals surface area contributed by atoms with Crippen LogP contribution in [0.1, 0.15) is 36.9 Å². The molecule has 0 bridgehead atoms. The minimum Gasteiger partial charge on any atom is -0.350 e. The maximum atomic E-state index is 13.1. The third-order valence-corrected chi connectivity index (χ3v) is 6.39. The average Bonchev–Trinajstić information content (AvgIpc) is 2.80. The molecule has 160 valence electrons. The van der Waals surface area contributed by atoms with Gasteiger partial charge in [-0.1, -0.05) is 18.2 Å². The number of hydrogen-bond donors (Lipinski definition) is 1. The molecule has 2 aromatic rings. The molecule has 0 radical (unpaired) electrons. The van der Waals surface area contributed by atoms with E-state index in [1.54, 1.807) is 6.20 Å². The number of halogens is 1. The van der Waals surface area contributed by atoms with Gasteiger partial charge < -0.3 is 5.32 Å². The minimum absolute atomic E-state index is 0.0692. The summed E-state index contributed by atoms with van der Waals surface area (Å²) in [6.45, 7) is 5.43. The number of nitrogens with zero attached hydrogens (tertiary/aromatic N) is 3. The van der Waals surface area contributed by atoms with Gasteiger partial charge in [0.05, 0.1) is 18.2 Å². The fourth-order valence-electron chi connectivity index (χ4n) is 4.67. The summed E-state index contributed by atoms with van der Waals surface area (Å²) < 4.78 is 13.1. The van der Waals surface area contributed by atoms with Crippen LogP contribution < -0.4 is 5.32 Å². The summed E-state index contributed by atoms with van der Waals surface area (Å²) in [6.07, 6.45) is 6.06. The number of nitrogens with one attached hydrogen (secondary N) is 1. The van der Waals surface area contributed by atoms with E-state index < -0.39 is 0 Å². The summed E-state index contributed by atoms with van der Waals surface area (Å²) in [5.74, 6) is 0.0417. The first-order valence-electron chi connectivity index (χ1n) is 11.1.